The predicted molar refractivity (Wildman–Crippen MR) is 105 cm³/mol. The number of ketones is 1. The molecule has 0 atom stereocenters. The summed E-state index contributed by atoms with van der Waals surface area (Å²) in [5.41, 5.74) is 2.57. The predicted octanol–water partition coefficient (Wildman–Crippen LogP) is 3.73. The Hall–Kier alpha value is -3.13. The Morgan fingerprint density at radius 1 is 1.11 bits per heavy atom. The molecule has 5 nitrogen and oxygen atoms in total. The second kappa shape index (κ2) is 8.50. The molecule has 1 aliphatic heterocycles. The van der Waals surface area contributed by atoms with Crippen molar-refractivity contribution in [2.45, 2.75) is 19.8 Å². The van der Waals surface area contributed by atoms with Gasteiger partial charge in [0.1, 0.15) is 6.07 Å². The Balaban J connectivity index is 1.56. The lowest BCUT2D eigenvalue weighted by atomic mass is 9.96. The molecule has 1 N–H and O–H groups in total. The molecule has 27 heavy (non-hydrogen) atoms. The first kappa shape index (κ1) is 18.7. The third-order valence-corrected chi connectivity index (χ3v) is 5.05. The molecule has 1 amide bonds. The Kier molecular flexibility index (Phi) is 5.87. The number of nitriles is 1. The van der Waals surface area contributed by atoms with Crippen LogP contribution in [0.15, 0.2) is 48.5 Å². The van der Waals surface area contributed by atoms with Gasteiger partial charge in [0, 0.05) is 30.8 Å². The molecule has 138 valence electrons. The van der Waals surface area contributed by atoms with E-state index in [4.69, 9.17) is 0 Å². The van der Waals surface area contributed by atoms with Crippen LogP contribution in [0.25, 0.3) is 0 Å². The van der Waals surface area contributed by atoms with Crippen LogP contribution in [0.5, 0.6) is 0 Å². The maximum atomic E-state index is 12.5. The minimum atomic E-state index is -0.0183. The quantitative estimate of drug-likeness (QED) is 0.824. The monoisotopic (exact) mass is 361 g/mol. The molecule has 0 aromatic heterocycles. The molecular weight excluding hydrogens is 338 g/mol. The number of piperidine rings is 1. The van der Waals surface area contributed by atoms with Gasteiger partial charge in [0.15, 0.2) is 5.78 Å². The van der Waals surface area contributed by atoms with E-state index in [1.54, 1.807) is 18.2 Å². The van der Waals surface area contributed by atoms with Crippen molar-refractivity contribution in [3.8, 4) is 6.07 Å². The van der Waals surface area contributed by atoms with Gasteiger partial charge in [-0.05, 0) is 56.0 Å². The summed E-state index contributed by atoms with van der Waals surface area (Å²) >= 11 is 0. The fourth-order valence-corrected chi connectivity index (χ4v) is 3.36. The number of anilines is 1. The third kappa shape index (κ3) is 4.53. The molecule has 1 saturated heterocycles. The molecule has 0 radical (unpaired) electrons. The van der Waals surface area contributed by atoms with Crippen LogP contribution in [-0.2, 0) is 0 Å². The molecule has 0 spiro atoms. The first-order valence-electron chi connectivity index (χ1n) is 9.21. The first-order chi connectivity index (χ1) is 13.1. The van der Waals surface area contributed by atoms with Crippen LogP contribution in [0.3, 0.4) is 0 Å². The highest BCUT2D eigenvalue weighted by Crippen LogP contribution is 2.22. The Morgan fingerprint density at radius 2 is 1.81 bits per heavy atom. The maximum Gasteiger partial charge on any atom is 0.253 e. The molecule has 0 bridgehead atoms. The third-order valence-electron chi connectivity index (χ3n) is 5.05. The highest BCUT2D eigenvalue weighted by molar-refractivity contribution is 5.95. The Morgan fingerprint density at radius 3 is 2.44 bits per heavy atom. The summed E-state index contributed by atoms with van der Waals surface area (Å²) in [5.74, 6) is 0.496. The fraction of sp³-hybridized carbons (Fsp3) is 0.318. The normalized spacial score (nSPS) is 14.4. The standard InChI is InChI=1S/C22H23N3O2/c1-16(26)19-7-8-20(14-23)21(13-19)24-15-17-9-11-25(12-10-17)22(27)18-5-3-2-4-6-18/h2-8,13,17,24H,9-12,15H2,1H3. The number of carbonyl (C=O) groups excluding carboxylic acids is 2. The summed E-state index contributed by atoms with van der Waals surface area (Å²) in [6, 6.07) is 16.6. The molecule has 1 fully saturated rings. The fourth-order valence-electron chi connectivity index (χ4n) is 3.36. The van der Waals surface area contributed by atoms with Crippen LogP contribution in [0.2, 0.25) is 0 Å². The maximum absolute atomic E-state index is 12.5. The van der Waals surface area contributed by atoms with Crippen molar-refractivity contribution in [1.82, 2.24) is 4.90 Å². The van der Waals surface area contributed by atoms with E-state index in [2.05, 4.69) is 11.4 Å². The first-order valence-corrected chi connectivity index (χ1v) is 9.21. The highest BCUT2D eigenvalue weighted by Gasteiger charge is 2.23. The van der Waals surface area contributed by atoms with Crippen molar-refractivity contribution in [2.24, 2.45) is 5.92 Å². The van der Waals surface area contributed by atoms with Gasteiger partial charge in [-0.1, -0.05) is 18.2 Å². The SMILES string of the molecule is CC(=O)c1ccc(C#N)c(NCC2CCN(C(=O)c3ccccc3)CC2)c1. The molecule has 5 heteroatoms. The number of hydrogen-bond donors (Lipinski definition) is 1. The zero-order valence-corrected chi connectivity index (χ0v) is 15.4. The van der Waals surface area contributed by atoms with Crippen LogP contribution in [0.1, 0.15) is 46.0 Å². The minimum absolute atomic E-state index is 0.0183. The van der Waals surface area contributed by atoms with Crippen molar-refractivity contribution in [2.75, 3.05) is 25.0 Å². The van der Waals surface area contributed by atoms with E-state index in [0.29, 0.717) is 22.7 Å². The molecule has 2 aromatic carbocycles. The van der Waals surface area contributed by atoms with Gasteiger partial charge in [0.25, 0.3) is 5.91 Å². The Bertz CT molecular complexity index is 863. The summed E-state index contributed by atoms with van der Waals surface area (Å²) in [7, 11) is 0. The lowest BCUT2D eigenvalue weighted by molar-refractivity contribution is 0.0695. The lowest BCUT2D eigenvalue weighted by Gasteiger charge is -2.32. The number of nitrogens with one attached hydrogen (secondary N) is 1. The van der Waals surface area contributed by atoms with Crippen molar-refractivity contribution in [3.05, 3.63) is 65.2 Å². The number of amides is 1. The van der Waals surface area contributed by atoms with Gasteiger partial charge < -0.3 is 10.2 Å². The van der Waals surface area contributed by atoms with Crippen molar-refractivity contribution < 1.29 is 9.59 Å². The van der Waals surface area contributed by atoms with Crippen molar-refractivity contribution in [3.63, 3.8) is 0 Å². The van der Waals surface area contributed by atoms with E-state index in [1.165, 1.54) is 6.92 Å². The zero-order chi connectivity index (χ0) is 19.2. The average Bonchev–Trinajstić information content (AvgIpc) is 2.72. The van der Waals surface area contributed by atoms with Gasteiger partial charge in [-0.2, -0.15) is 5.26 Å². The number of rotatable bonds is 5. The number of Topliss-reactive ketones (excluding diaryl/α,β-unsaturated/α-hetero) is 1. The molecule has 1 heterocycles. The zero-order valence-electron chi connectivity index (χ0n) is 15.4. The largest absolute Gasteiger partial charge is 0.384 e. The van der Waals surface area contributed by atoms with Crippen molar-refractivity contribution in [1.29, 1.82) is 5.26 Å². The average molecular weight is 361 g/mol. The molecular formula is C22H23N3O2. The van der Waals surface area contributed by atoms with E-state index >= 15 is 0 Å². The molecule has 0 saturated carbocycles. The minimum Gasteiger partial charge on any atom is -0.384 e. The molecule has 0 aliphatic carbocycles. The molecule has 1 aliphatic rings. The van der Waals surface area contributed by atoms with Gasteiger partial charge in [-0.3, -0.25) is 9.59 Å². The Labute approximate surface area is 159 Å². The van der Waals surface area contributed by atoms with Crippen LogP contribution in [0, 0.1) is 17.2 Å². The van der Waals surface area contributed by atoms with E-state index in [9.17, 15) is 14.9 Å². The second-order valence-corrected chi connectivity index (χ2v) is 6.91. The van der Waals surface area contributed by atoms with Gasteiger partial charge >= 0.3 is 0 Å². The van der Waals surface area contributed by atoms with Gasteiger partial charge in [-0.25, -0.2) is 0 Å². The molecule has 0 unspecified atom stereocenters. The summed E-state index contributed by atoms with van der Waals surface area (Å²) in [6.07, 6.45) is 1.83. The topological polar surface area (TPSA) is 73.2 Å². The van der Waals surface area contributed by atoms with Crippen LogP contribution in [-0.4, -0.2) is 36.2 Å². The molecule has 3 rings (SSSR count). The summed E-state index contributed by atoms with van der Waals surface area (Å²) < 4.78 is 0. The van der Waals surface area contributed by atoms with Crippen LogP contribution in [0.4, 0.5) is 5.69 Å². The summed E-state index contributed by atoms with van der Waals surface area (Å²) in [4.78, 5) is 26.0. The van der Waals surface area contributed by atoms with Crippen molar-refractivity contribution >= 4 is 17.4 Å². The highest BCUT2D eigenvalue weighted by atomic mass is 16.2. The summed E-state index contributed by atoms with van der Waals surface area (Å²) in [5, 5.41) is 12.6. The molecule has 2 aromatic rings. The second-order valence-electron chi connectivity index (χ2n) is 6.91. The lowest BCUT2D eigenvalue weighted by Crippen LogP contribution is -2.39. The van der Waals surface area contributed by atoms with Crippen LogP contribution >= 0.6 is 0 Å². The van der Waals surface area contributed by atoms with Gasteiger partial charge in [0.2, 0.25) is 0 Å². The van der Waals surface area contributed by atoms with Gasteiger partial charge in [0.05, 0.1) is 11.3 Å². The number of benzene rings is 2. The number of nitrogens with zero attached hydrogens (tertiary/aromatic N) is 2. The number of likely N-dealkylation sites (tertiary alicyclic amines) is 1. The number of hydrogen-bond acceptors (Lipinski definition) is 4. The summed E-state index contributed by atoms with van der Waals surface area (Å²) in [6.45, 7) is 3.71. The van der Waals surface area contributed by atoms with Gasteiger partial charge in [-0.15, -0.1) is 0 Å². The van der Waals surface area contributed by atoms with E-state index in [1.807, 2.05) is 35.2 Å². The van der Waals surface area contributed by atoms with Crippen LogP contribution < -0.4 is 5.32 Å². The van der Waals surface area contributed by atoms with E-state index < -0.39 is 0 Å². The van der Waals surface area contributed by atoms with E-state index in [-0.39, 0.29) is 11.7 Å². The smallest absolute Gasteiger partial charge is 0.253 e. The van der Waals surface area contributed by atoms with E-state index in [0.717, 1.165) is 38.0 Å². The number of carbonyl (C=O) groups is 2.